The second-order valence-corrected chi connectivity index (χ2v) is 6.62. The van der Waals surface area contributed by atoms with E-state index in [0.717, 1.165) is 24.4 Å². The van der Waals surface area contributed by atoms with Gasteiger partial charge in [0, 0.05) is 24.0 Å². The first kappa shape index (κ1) is 17.2. The Morgan fingerprint density at radius 3 is 2.68 bits per heavy atom. The lowest BCUT2D eigenvalue weighted by Gasteiger charge is -2.27. The van der Waals surface area contributed by atoms with Crippen LogP contribution in [0.15, 0.2) is 42.7 Å². The van der Waals surface area contributed by atoms with Gasteiger partial charge in [-0.2, -0.15) is 0 Å². The van der Waals surface area contributed by atoms with E-state index >= 15 is 0 Å². The Hall–Kier alpha value is -2.63. The fraction of sp³-hybridized carbons (Fsp3) is 0.421. The van der Waals surface area contributed by atoms with Crippen molar-refractivity contribution in [3.8, 4) is 5.69 Å². The third-order valence-electron chi connectivity index (χ3n) is 4.84. The number of amides is 1. The maximum absolute atomic E-state index is 12.6. The predicted octanol–water partition coefficient (Wildman–Crippen LogP) is 2.94. The second kappa shape index (κ2) is 7.51. The molecule has 132 valence electrons. The van der Waals surface area contributed by atoms with Gasteiger partial charge in [-0.05, 0) is 38.3 Å². The van der Waals surface area contributed by atoms with Gasteiger partial charge in [0.15, 0.2) is 0 Å². The van der Waals surface area contributed by atoms with E-state index in [9.17, 15) is 14.7 Å². The summed E-state index contributed by atoms with van der Waals surface area (Å²) in [7, 11) is 0. The number of benzene rings is 1. The number of carbonyl (C=O) groups is 2. The van der Waals surface area contributed by atoms with E-state index in [4.69, 9.17) is 0 Å². The van der Waals surface area contributed by atoms with E-state index in [0.29, 0.717) is 12.8 Å². The van der Waals surface area contributed by atoms with Gasteiger partial charge in [-0.25, -0.2) is 4.98 Å². The lowest BCUT2D eigenvalue weighted by atomic mass is 9.81. The van der Waals surface area contributed by atoms with Gasteiger partial charge in [0.05, 0.1) is 12.0 Å². The summed E-state index contributed by atoms with van der Waals surface area (Å²) in [5, 5.41) is 12.2. The van der Waals surface area contributed by atoms with Crippen LogP contribution in [-0.2, 0) is 9.59 Å². The molecule has 6 heteroatoms. The zero-order valence-corrected chi connectivity index (χ0v) is 14.3. The summed E-state index contributed by atoms with van der Waals surface area (Å²) in [4.78, 5) is 28.2. The second-order valence-electron chi connectivity index (χ2n) is 6.62. The molecule has 1 unspecified atom stereocenters. The minimum atomic E-state index is -0.801. The Kier molecular flexibility index (Phi) is 5.16. The Morgan fingerprint density at radius 2 is 1.96 bits per heavy atom. The fourth-order valence-corrected chi connectivity index (χ4v) is 3.49. The lowest BCUT2D eigenvalue weighted by Crippen LogP contribution is -2.37. The van der Waals surface area contributed by atoms with Crippen LogP contribution in [0.2, 0.25) is 0 Å². The first-order chi connectivity index (χ1) is 12.1. The molecule has 1 aliphatic carbocycles. The third-order valence-corrected chi connectivity index (χ3v) is 4.84. The number of imidazole rings is 1. The molecule has 2 aromatic rings. The number of nitrogens with zero attached hydrogens (tertiary/aromatic N) is 2. The fourth-order valence-electron chi connectivity index (χ4n) is 3.49. The van der Waals surface area contributed by atoms with Crippen molar-refractivity contribution in [1.29, 1.82) is 0 Å². The minimum Gasteiger partial charge on any atom is -0.481 e. The van der Waals surface area contributed by atoms with Crippen LogP contribution < -0.4 is 5.32 Å². The third kappa shape index (κ3) is 3.90. The molecule has 0 bridgehead atoms. The monoisotopic (exact) mass is 341 g/mol. The van der Waals surface area contributed by atoms with Crippen LogP contribution in [0.3, 0.4) is 0 Å². The quantitative estimate of drug-likeness (QED) is 0.876. The molecule has 1 amide bonds. The maximum atomic E-state index is 12.6. The number of aliphatic carboxylic acids is 1. The van der Waals surface area contributed by atoms with Crippen molar-refractivity contribution in [2.75, 3.05) is 0 Å². The standard InChI is InChI=1S/C19H23N3O3/c1-13(17-20-10-11-22(17)16-8-3-2-4-9-16)21-18(23)14-6-5-7-15(12-14)19(24)25/h2-4,8-11,13-15H,5-7,12H2,1H3,(H,21,23)(H,24,25)/t13?,14-,15+/m1/s1. The molecule has 0 aliphatic heterocycles. The van der Waals surface area contributed by atoms with E-state index in [1.54, 1.807) is 6.20 Å². The van der Waals surface area contributed by atoms with Crippen molar-refractivity contribution in [3.05, 3.63) is 48.5 Å². The highest BCUT2D eigenvalue weighted by Crippen LogP contribution is 2.30. The lowest BCUT2D eigenvalue weighted by molar-refractivity contribution is -0.144. The topological polar surface area (TPSA) is 84.2 Å². The molecule has 1 aromatic carbocycles. The SMILES string of the molecule is CC(NC(=O)[C@@H]1CCC[C@H](C(=O)O)C1)c1nccn1-c1ccccc1. The summed E-state index contributed by atoms with van der Waals surface area (Å²) < 4.78 is 1.95. The molecule has 1 fully saturated rings. The molecule has 1 aliphatic rings. The highest BCUT2D eigenvalue weighted by molar-refractivity contribution is 5.80. The molecule has 0 saturated heterocycles. The number of carbonyl (C=O) groups excluding carboxylic acids is 1. The van der Waals surface area contributed by atoms with Crippen molar-refractivity contribution in [1.82, 2.24) is 14.9 Å². The number of rotatable bonds is 5. The van der Waals surface area contributed by atoms with Gasteiger partial charge in [-0.15, -0.1) is 0 Å². The number of hydrogen-bond acceptors (Lipinski definition) is 3. The normalized spacial score (nSPS) is 21.5. The predicted molar refractivity (Wildman–Crippen MR) is 93.2 cm³/mol. The van der Waals surface area contributed by atoms with Crippen LogP contribution in [0.1, 0.15) is 44.5 Å². The van der Waals surface area contributed by atoms with Gasteiger partial charge in [-0.3, -0.25) is 9.59 Å². The van der Waals surface area contributed by atoms with Crippen LogP contribution in [0.25, 0.3) is 5.69 Å². The number of carboxylic acids is 1. The van der Waals surface area contributed by atoms with E-state index in [-0.39, 0.29) is 17.9 Å². The van der Waals surface area contributed by atoms with E-state index in [2.05, 4.69) is 10.3 Å². The van der Waals surface area contributed by atoms with E-state index < -0.39 is 11.9 Å². The largest absolute Gasteiger partial charge is 0.481 e. The average molecular weight is 341 g/mol. The highest BCUT2D eigenvalue weighted by Gasteiger charge is 2.31. The summed E-state index contributed by atoms with van der Waals surface area (Å²) in [5.74, 6) is -0.778. The number of aromatic nitrogens is 2. The van der Waals surface area contributed by atoms with Gasteiger partial charge in [0.2, 0.25) is 5.91 Å². The molecule has 3 rings (SSSR count). The summed E-state index contributed by atoms with van der Waals surface area (Å²) >= 11 is 0. The van der Waals surface area contributed by atoms with Gasteiger partial charge in [0.25, 0.3) is 0 Å². The smallest absolute Gasteiger partial charge is 0.306 e. The Bertz CT molecular complexity index is 741. The summed E-state index contributed by atoms with van der Waals surface area (Å²) in [6, 6.07) is 9.57. The Morgan fingerprint density at radius 1 is 1.24 bits per heavy atom. The molecular formula is C19H23N3O3. The molecule has 0 radical (unpaired) electrons. The number of nitrogens with one attached hydrogen (secondary N) is 1. The molecule has 1 saturated carbocycles. The van der Waals surface area contributed by atoms with Crippen molar-refractivity contribution in [2.45, 2.75) is 38.6 Å². The minimum absolute atomic E-state index is 0.0824. The van der Waals surface area contributed by atoms with Crippen LogP contribution in [0.4, 0.5) is 0 Å². The molecule has 1 heterocycles. The van der Waals surface area contributed by atoms with E-state index in [1.165, 1.54) is 0 Å². The van der Waals surface area contributed by atoms with Crippen molar-refractivity contribution >= 4 is 11.9 Å². The Balaban J connectivity index is 1.69. The van der Waals surface area contributed by atoms with Gasteiger partial charge >= 0.3 is 5.97 Å². The number of para-hydroxylation sites is 1. The van der Waals surface area contributed by atoms with Gasteiger partial charge < -0.3 is 15.0 Å². The zero-order valence-electron chi connectivity index (χ0n) is 14.3. The summed E-state index contributed by atoms with van der Waals surface area (Å²) in [5.41, 5.74) is 0.986. The number of carboxylic acid groups (broad SMARTS) is 1. The summed E-state index contributed by atoms with van der Waals surface area (Å²) in [6.07, 6.45) is 6.19. The van der Waals surface area contributed by atoms with E-state index in [1.807, 2.05) is 48.0 Å². The number of hydrogen-bond donors (Lipinski definition) is 2. The molecule has 1 aromatic heterocycles. The average Bonchev–Trinajstić information content (AvgIpc) is 3.12. The van der Waals surface area contributed by atoms with Gasteiger partial charge in [0.1, 0.15) is 5.82 Å². The van der Waals surface area contributed by atoms with Crippen LogP contribution in [0, 0.1) is 11.8 Å². The molecule has 3 atom stereocenters. The summed E-state index contributed by atoms with van der Waals surface area (Å²) in [6.45, 7) is 1.90. The van der Waals surface area contributed by atoms with Crippen molar-refractivity contribution < 1.29 is 14.7 Å². The first-order valence-electron chi connectivity index (χ1n) is 8.68. The zero-order chi connectivity index (χ0) is 17.8. The van der Waals surface area contributed by atoms with Crippen LogP contribution >= 0.6 is 0 Å². The maximum Gasteiger partial charge on any atom is 0.306 e. The van der Waals surface area contributed by atoms with Crippen molar-refractivity contribution in [3.63, 3.8) is 0 Å². The van der Waals surface area contributed by atoms with Gasteiger partial charge in [-0.1, -0.05) is 24.6 Å². The van der Waals surface area contributed by atoms with Crippen molar-refractivity contribution in [2.24, 2.45) is 11.8 Å². The van der Waals surface area contributed by atoms with Crippen LogP contribution in [-0.4, -0.2) is 26.5 Å². The Labute approximate surface area is 146 Å². The molecule has 25 heavy (non-hydrogen) atoms. The first-order valence-corrected chi connectivity index (χ1v) is 8.68. The molecule has 0 spiro atoms. The molecule has 2 N–H and O–H groups in total. The molecule has 6 nitrogen and oxygen atoms in total. The molecular weight excluding hydrogens is 318 g/mol. The highest BCUT2D eigenvalue weighted by atomic mass is 16.4. The van der Waals surface area contributed by atoms with Crippen LogP contribution in [0.5, 0.6) is 0 Å².